The zero-order valence-electron chi connectivity index (χ0n) is 6.48. The molecule has 1 aromatic heterocycles. The van der Waals surface area contributed by atoms with Crippen molar-refractivity contribution in [3.63, 3.8) is 0 Å². The lowest BCUT2D eigenvalue weighted by Gasteiger charge is -1.96. The fraction of sp³-hybridized carbons (Fsp3) is 0.167. The summed E-state index contributed by atoms with van der Waals surface area (Å²) in [5.74, 6) is 0. The molecule has 1 rings (SSSR count). The average molecular weight is 285 g/mol. The van der Waals surface area contributed by atoms with Gasteiger partial charge in [-0.05, 0) is 28.1 Å². The van der Waals surface area contributed by atoms with Crippen LogP contribution in [0.5, 0.6) is 0 Å². The van der Waals surface area contributed by atoms with Gasteiger partial charge in [-0.2, -0.15) is 0 Å². The molecule has 4 nitrogen and oxygen atoms in total. The second-order valence-corrected chi connectivity index (χ2v) is 6.52. The van der Waals surface area contributed by atoms with E-state index in [1.165, 1.54) is 6.07 Å². The summed E-state index contributed by atoms with van der Waals surface area (Å²) in [4.78, 5) is 10.8. The second kappa shape index (κ2) is 3.77. The predicted molar refractivity (Wildman–Crippen MR) is 51.6 cm³/mol. The maximum absolute atomic E-state index is 11.3. The van der Waals surface area contributed by atoms with Crippen LogP contribution < -0.4 is 0 Å². The van der Waals surface area contributed by atoms with E-state index in [0.29, 0.717) is 3.79 Å². The molecular formula is C6H5BrO4S2. The first-order chi connectivity index (χ1) is 5.98. The lowest BCUT2D eigenvalue weighted by molar-refractivity contribution is 0.197. The molecule has 0 atom stereocenters. The first kappa shape index (κ1) is 10.7. The van der Waals surface area contributed by atoms with Crippen LogP contribution in [-0.2, 0) is 14.6 Å². The average Bonchev–Trinajstić information content (AvgIpc) is 2.50. The van der Waals surface area contributed by atoms with Crippen molar-refractivity contribution in [2.75, 3.05) is 7.11 Å². The van der Waals surface area contributed by atoms with Crippen LogP contribution in [-0.4, -0.2) is 20.8 Å². The van der Waals surface area contributed by atoms with Crippen LogP contribution >= 0.6 is 27.3 Å². The molecule has 0 aliphatic heterocycles. The summed E-state index contributed by atoms with van der Waals surface area (Å²) in [5.41, 5.74) is 0. The van der Waals surface area contributed by atoms with Crippen molar-refractivity contribution < 1.29 is 17.9 Å². The van der Waals surface area contributed by atoms with Crippen molar-refractivity contribution in [2.24, 2.45) is 0 Å². The lowest BCUT2D eigenvalue weighted by atomic mass is 10.7. The molecule has 0 aliphatic rings. The molecule has 7 heteroatoms. The van der Waals surface area contributed by atoms with E-state index in [9.17, 15) is 13.2 Å². The summed E-state index contributed by atoms with van der Waals surface area (Å²) < 4.78 is 27.4. The fourth-order valence-electron chi connectivity index (χ4n) is 0.634. The Morgan fingerprint density at radius 3 is 2.54 bits per heavy atom. The Hall–Kier alpha value is -0.400. The maximum atomic E-state index is 11.3. The highest BCUT2D eigenvalue weighted by atomic mass is 79.9. The standard InChI is InChI=1S/C6H5BrO4S2/c1-11-6(8)13(9,10)5-3-2-4(7)12-5/h2-3H,1H3. The lowest BCUT2D eigenvalue weighted by Crippen LogP contribution is -2.13. The van der Waals surface area contributed by atoms with Gasteiger partial charge in [-0.15, -0.1) is 11.3 Å². The molecule has 13 heavy (non-hydrogen) atoms. The molecule has 0 bridgehead atoms. The smallest absolute Gasteiger partial charge is 0.430 e. The minimum Gasteiger partial charge on any atom is -0.457 e. The van der Waals surface area contributed by atoms with Gasteiger partial charge in [-0.25, -0.2) is 13.2 Å². The Balaban J connectivity index is 3.16. The summed E-state index contributed by atoms with van der Waals surface area (Å²) in [6.45, 7) is 0. The van der Waals surface area contributed by atoms with Crippen molar-refractivity contribution in [3.05, 3.63) is 15.9 Å². The number of carbonyl (C=O) groups is 1. The number of hydrogen-bond donors (Lipinski definition) is 0. The van der Waals surface area contributed by atoms with Gasteiger partial charge in [-0.1, -0.05) is 0 Å². The highest BCUT2D eigenvalue weighted by Crippen LogP contribution is 2.27. The molecular weight excluding hydrogens is 280 g/mol. The van der Waals surface area contributed by atoms with Gasteiger partial charge in [-0.3, -0.25) is 0 Å². The number of thiophene rings is 1. The molecule has 0 fully saturated rings. The third-order valence-electron chi connectivity index (χ3n) is 1.20. The first-order valence-electron chi connectivity index (χ1n) is 3.07. The van der Waals surface area contributed by atoms with Crippen molar-refractivity contribution >= 4 is 42.4 Å². The number of rotatable bonds is 1. The van der Waals surface area contributed by atoms with Crippen molar-refractivity contribution in [3.8, 4) is 0 Å². The van der Waals surface area contributed by atoms with Gasteiger partial charge in [0.2, 0.25) is 0 Å². The molecule has 0 radical (unpaired) electrons. The quantitative estimate of drug-likeness (QED) is 0.741. The summed E-state index contributed by atoms with van der Waals surface area (Å²) >= 11 is 4.06. The van der Waals surface area contributed by atoms with Crippen LogP contribution in [0.2, 0.25) is 0 Å². The van der Waals surface area contributed by atoms with Gasteiger partial charge < -0.3 is 4.74 Å². The molecule has 72 valence electrons. The van der Waals surface area contributed by atoms with Gasteiger partial charge in [0, 0.05) is 0 Å². The van der Waals surface area contributed by atoms with Crippen LogP contribution in [0.4, 0.5) is 4.79 Å². The number of sulfone groups is 1. The van der Waals surface area contributed by atoms with Crippen LogP contribution in [0.1, 0.15) is 0 Å². The van der Waals surface area contributed by atoms with Crippen molar-refractivity contribution in [1.82, 2.24) is 0 Å². The molecule has 0 saturated carbocycles. The Morgan fingerprint density at radius 1 is 1.54 bits per heavy atom. The molecule has 1 heterocycles. The minimum atomic E-state index is -3.94. The van der Waals surface area contributed by atoms with E-state index < -0.39 is 15.1 Å². The molecule has 0 N–H and O–H groups in total. The predicted octanol–water partition coefficient (Wildman–Crippen LogP) is 2.05. The van der Waals surface area contributed by atoms with Crippen molar-refractivity contribution in [1.29, 1.82) is 0 Å². The van der Waals surface area contributed by atoms with Gasteiger partial charge >= 0.3 is 5.30 Å². The number of carbonyl (C=O) groups excluding carboxylic acids is 1. The number of halogens is 1. The largest absolute Gasteiger partial charge is 0.457 e. The Labute approximate surface area is 87.6 Å². The van der Waals surface area contributed by atoms with Crippen LogP contribution in [0.3, 0.4) is 0 Å². The van der Waals surface area contributed by atoms with E-state index in [2.05, 4.69) is 20.7 Å². The summed E-state index contributed by atoms with van der Waals surface area (Å²) in [6.07, 6.45) is 0. The Bertz CT molecular complexity index is 420. The molecule has 0 amide bonds. The molecule has 0 aliphatic carbocycles. The first-order valence-corrected chi connectivity index (χ1v) is 6.16. The maximum Gasteiger partial charge on any atom is 0.430 e. The number of hydrogen-bond acceptors (Lipinski definition) is 5. The normalized spacial score (nSPS) is 11.2. The zero-order valence-corrected chi connectivity index (χ0v) is 9.70. The second-order valence-electron chi connectivity index (χ2n) is 2.02. The van der Waals surface area contributed by atoms with E-state index in [4.69, 9.17) is 0 Å². The van der Waals surface area contributed by atoms with Crippen molar-refractivity contribution in [2.45, 2.75) is 4.21 Å². The highest BCUT2D eigenvalue weighted by Gasteiger charge is 2.27. The third kappa shape index (κ3) is 2.09. The molecule has 0 aromatic carbocycles. The minimum absolute atomic E-state index is 0.0220. The summed E-state index contributed by atoms with van der Waals surface area (Å²) in [5, 5.41) is -1.23. The van der Waals surface area contributed by atoms with E-state index in [-0.39, 0.29) is 4.21 Å². The van der Waals surface area contributed by atoms with Crippen LogP contribution in [0.25, 0.3) is 0 Å². The van der Waals surface area contributed by atoms with Gasteiger partial charge in [0.05, 0.1) is 10.9 Å². The SMILES string of the molecule is COC(=O)S(=O)(=O)c1ccc(Br)s1. The highest BCUT2D eigenvalue weighted by molar-refractivity contribution is 9.11. The molecule has 0 unspecified atom stereocenters. The topological polar surface area (TPSA) is 60.4 Å². The van der Waals surface area contributed by atoms with E-state index in [1.54, 1.807) is 6.07 Å². The monoisotopic (exact) mass is 284 g/mol. The Kier molecular flexibility index (Phi) is 3.09. The third-order valence-corrected chi connectivity index (χ3v) is 4.80. The van der Waals surface area contributed by atoms with Gasteiger partial charge in [0.1, 0.15) is 4.21 Å². The molecule has 0 spiro atoms. The molecule has 1 aromatic rings. The zero-order chi connectivity index (χ0) is 10.1. The number of ether oxygens (including phenoxy) is 1. The van der Waals surface area contributed by atoms with Crippen LogP contribution in [0, 0.1) is 0 Å². The van der Waals surface area contributed by atoms with E-state index in [0.717, 1.165) is 18.4 Å². The summed E-state index contributed by atoms with van der Waals surface area (Å²) in [7, 11) is -2.91. The molecule has 0 saturated heterocycles. The van der Waals surface area contributed by atoms with Gasteiger partial charge in [0.25, 0.3) is 9.84 Å². The Morgan fingerprint density at radius 2 is 2.15 bits per heavy atom. The van der Waals surface area contributed by atoms with Crippen LogP contribution in [0.15, 0.2) is 20.1 Å². The number of methoxy groups -OCH3 is 1. The van der Waals surface area contributed by atoms with E-state index in [1.807, 2.05) is 0 Å². The fourth-order valence-corrected chi connectivity index (χ4v) is 3.62. The van der Waals surface area contributed by atoms with Gasteiger partial charge in [0.15, 0.2) is 0 Å². The summed E-state index contributed by atoms with van der Waals surface area (Å²) in [6, 6.07) is 2.90. The van der Waals surface area contributed by atoms with E-state index >= 15 is 0 Å².